The molecule has 0 unspecified atom stereocenters. The van der Waals surface area contributed by atoms with Gasteiger partial charge in [-0.25, -0.2) is 0 Å². The second-order valence-electron chi connectivity index (χ2n) is 3.23. The van der Waals surface area contributed by atoms with Crippen LogP contribution in [0.15, 0.2) is 18.3 Å². The molecule has 1 aromatic rings. The van der Waals surface area contributed by atoms with E-state index in [2.05, 4.69) is 4.98 Å². The lowest BCUT2D eigenvalue weighted by atomic mass is 10.2. The fraction of sp³-hybridized carbons (Fsp3) is 0.500. The Hall–Kier alpha value is -1.17. The van der Waals surface area contributed by atoms with E-state index in [-0.39, 0.29) is 25.5 Å². The maximum atomic E-state index is 11.6. The maximum Gasteiger partial charge on any atom is 0.192 e. The third-order valence-corrected chi connectivity index (χ3v) is 2.10. The number of aliphatic hydroxyl groups is 2. The summed E-state index contributed by atoms with van der Waals surface area (Å²) >= 11 is 0. The van der Waals surface area contributed by atoms with E-state index in [1.165, 1.54) is 0 Å². The third-order valence-electron chi connectivity index (χ3n) is 2.10. The van der Waals surface area contributed by atoms with Crippen molar-refractivity contribution < 1.29 is 15.0 Å². The Morgan fingerprint density at radius 2 is 2.00 bits per heavy atom. The van der Waals surface area contributed by atoms with Crippen LogP contribution in [0.5, 0.6) is 0 Å². The van der Waals surface area contributed by atoms with Crippen molar-refractivity contribution in [3.63, 3.8) is 0 Å². The molecule has 0 spiro atoms. The largest absolute Gasteiger partial charge is 0.395 e. The molecule has 0 saturated heterocycles. The number of nitrogens with zero attached hydrogens (tertiary/aromatic N) is 1. The number of aromatic amines is 1. The molecule has 1 aromatic heterocycles. The minimum atomic E-state index is -0.0399. The molecule has 0 aromatic carbocycles. The van der Waals surface area contributed by atoms with E-state index in [0.717, 1.165) is 0 Å². The molecule has 0 aliphatic carbocycles. The predicted molar refractivity (Wildman–Crippen MR) is 55.7 cm³/mol. The summed E-state index contributed by atoms with van der Waals surface area (Å²) in [5.74, 6) is -0.0399. The number of hydrogen-bond acceptors (Lipinski definition) is 4. The number of carbonyl (C=O) groups is 1. The number of carbonyl (C=O) groups excluding carboxylic acids is 1. The van der Waals surface area contributed by atoms with Crippen molar-refractivity contribution in [1.82, 2.24) is 9.88 Å². The lowest BCUT2D eigenvalue weighted by molar-refractivity contribution is 0.0889. The Morgan fingerprint density at radius 1 is 1.33 bits per heavy atom. The Bertz CT molecular complexity index is 279. The van der Waals surface area contributed by atoms with Gasteiger partial charge in [-0.2, -0.15) is 0 Å². The minimum Gasteiger partial charge on any atom is -0.395 e. The lowest BCUT2D eigenvalue weighted by Crippen LogP contribution is -2.34. The topological polar surface area (TPSA) is 76.6 Å². The lowest BCUT2D eigenvalue weighted by Gasteiger charge is -2.18. The molecule has 5 heteroatoms. The zero-order valence-electron chi connectivity index (χ0n) is 8.52. The molecule has 0 aliphatic heterocycles. The number of aromatic nitrogens is 1. The first-order chi connectivity index (χ1) is 7.27. The molecule has 0 fully saturated rings. The van der Waals surface area contributed by atoms with Gasteiger partial charge in [-0.15, -0.1) is 0 Å². The molecule has 84 valence electrons. The molecule has 0 saturated carbocycles. The summed E-state index contributed by atoms with van der Waals surface area (Å²) in [5, 5.41) is 17.5. The van der Waals surface area contributed by atoms with E-state index in [1.54, 1.807) is 23.2 Å². The summed E-state index contributed by atoms with van der Waals surface area (Å²) in [4.78, 5) is 16.2. The first-order valence-corrected chi connectivity index (χ1v) is 4.88. The van der Waals surface area contributed by atoms with Gasteiger partial charge in [-0.05, 0) is 12.1 Å². The van der Waals surface area contributed by atoms with Crippen LogP contribution in [0.1, 0.15) is 10.5 Å². The Morgan fingerprint density at radius 3 is 2.47 bits per heavy atom. The van der Waals surface area contributed by atoms with E-state index in [9.17, 15) is 4.79 Å². The Balaban J connectivity index is 2.47. The van der Waals surface area contributed by atoms with Crippen LogP contribution in [0, 0.1) is 0 Å². The second-order valence-corrected chi connectivity index (χ2v) is 3.23. The van der Waals surface area contributed by atoms with Gasteiger partial charge in [0.2, 0.25) is 0 Å². The van der Waals surface area contributed by atoms with Gasteiger partial charge in [0.1, 0.15) is 0 Å². The highest BCUT2D eigenvalue weighted by Crippen LogP contribution is 1.98. The monoisotopic (exact) mass is 212 g/mol. The Kier molecular flexibility index (Phi) is 5.03. The number of rotatable bonds is 7. The van der Waals surface area contributed by atoms with Gasteiger partial charge in [0.25, 0.3) is 0 Å². The molecular formula is C10H16N2O3. The third kappa shape index (κ3) is 3.83. The summed E-state index contributed by atoms with van der Waals surface area (Å²) in [7, 11) is 0. The molecule has 0 atom stereocenters. The van der Waals surface area contributed by atoms with Crippen LogP contribution in [-0.4, -0.2) is 58.7 Å². The van der Waals surface area contributed by atoms with Crippen molar-refractivity contribution in [2.75, 3.05) is 32.8 Å². The van der Waals surface area contributed by atoms with Crippen molar-refractivity contribution in [2.24, 2.45) is 0 Å². The summed E-state index contributed by atoms with van der Waals surface area (Å²) in [6.07, 6.45) is 1.69. The van der Waals surface area contributed by atoms with Crippen molar-refractivity contribution >= 4 is 5.78 Å². The summed E-state index contributed by atoms with van der Waals surface area (Å²) in [6.45, 7) is 0.970. The molecule has 5 nitrogen and oxygen atoms in total. The van der Waals surface area contributed by atoms with Crippen LogP contribution in [-0.2, 0) is 0 Å². The van der Waals surface area contributed by atoms with E-state index < -0.39 is 0 Å². The second kappa shape index (κ2) is 6.34. The smallest absolute Gasteiger partial charge is 0.192 e. The summed E-state index contributed by atoms with van der Waals surface area (Å²) in [6, 6.07) is 3.47. The fourth-order valence-corrected chi connectivity index (χ4v) is 1.34. The zero-order chi connectivity index (χ0) is 11.1. The molecule has 0 aliphatic rings. The van der Waals surface area contributed by atoms with Crippen molar-refractivity contribution in [3.8, 4) is 0 Å². The van der Waals surface area contributed by atoms with Gasteiger partial charge in [0.05, 0.1) is 25.5 Å². The first kappa shape index (κ1) is 11.9. The van der Waals surface area contributed by atoms with E-state index in [0.29, 0.717) is 18.8 Å². The average molecular weight is 212 g/mol. The predicted octanol–water partition coefficient (Wildman–Crippen LogP) is -0.516. The SMILES string of the molecule is O=C(CN(CCO)CCO)c1ccc[nH]1. The van der Waals surface area contributed by atoms with Gasteiger partial charge < -0.3 is 15.2 Å². The molecule has 0 radical (unpaired) electrons. The van der Waals surface area contributed by atoms with Crippen molar-refractivity contribution in [3.05, 3.63) is 24.0 Å². The van der Waals surface area contributed by atoms with Gasteiger partial charge in [-0.3, -0.25) is 9.69 Å². The van der Waals surface area contributed by atoms with E-state index >= 15 is 0 Å². The fourth-order valence-electron chi connectivity index (χ4n) is 1.34. The molecular weight excluding hydrogens is 196 g/mol. The molecule has 1 rings (SSSR count). The van der Waals surface area contributed by atoms with Gasteiger partial charge in [-0.1, -0.05) is 0 Å². The number of nitrogens with one attached hydrogen (secondary N) is 1. The van der Waals surface area contributed by atoms with Crippen LogP contribution in [0.3, 0.4) is 0 Å². The van der Waals surface area contributed by atoms with Crippen LogP contribution >= 0.6 is 0 Å². The molecule has 0 bridgehead atoms. The highest BCUT2D eigenvalue weighted by molar-refractivity contribution is 5.95. The number of H-pyrrole nitrogens is 1. The Labute approximate surface area is 88.3 Å². The van der Waals surface area contributed by atoms with Crippen LogP contribution in [0.25, 0.3) is 0 Å². The van der Waals surface area contributed by atoms with Crippen molar-refractivity contribution in [1.29, 1.82) is 0 Å². The zero-order valence-corrected chi connectivity index (χ0v) is 8.52. The normalized spacial score (nSPS) is 10.9. The van der Waals surface area contributed by atoms with Gasteiger partial charge in [0, 0.05) is 19.3 Å². The number of Topliss-reactive ketones (excluding diaryl/α,β-unsaturated/α-hetero) is 1. The highest BCUT2D eigenvalue weighted by Gasteiger charge is 2.11. The van der Waals surface area contributed by atoms with Crippen LogP contribution in [0.4, 0.5) is 0 Å². The quantitative estimate of drug-likeness (QED) is 0.532. The summed E-state index contributed by atoms with van der Waals surface area (Å²) < 4.78 is 0. The van der Waals surface area contributed by atoms with Gasteiger partial charge in [0.15, 0.2) is 5.78 Å². The molecule has 1 heterocycles. The maximum absolute atomic E-state index is 11.6. The van der Waals surface area contributed by atoms with Crippen LogP contribution in [0.2, 0.25) is 0 Å². The average Bonchev–Trinajstić information content (AvgIpc) is 2.71. The highest BCUT2D eigenvalue weighted by atomic mass is 16.3. The number of ketones is 1. The number of aliphatic hydroxyl groups excluding tert-OH is 2. The van der Waals surface area contributed by atoms with E-state index in [1.807, 2.05) is 0 Å². The molecule has 0 amide bonds. The first-order valence-electron chi connectivity index (χ1n) is 4.88. The van der Waals surface area contributed by atoms with Crippen molar-refractivity contribution in [2.45, 2.75) is 0 Å². The molecule has 15 heavy (non-hydrogen) atoms. The minimum absolute atomic E-state index is 0.0159. The van der Waals surface area contributed by atoms with Gasteiger partial charge >= 0.3 is 0 Å². The summed E-state index contributed by atoms with van der Waals surface area (Å²) in [5.41, 5.74) is 0.552. The number of hydrogen-bond donors (Lipinski definition) is 3. The van der Waals surface area contributed by atoms with E-state index in [4.69, 9.17) is 10.2 Å². The standard InChI is InChI=1S/C10H16N2O3/c13-6-4-12(5-7-14)8-10(15)9-2-1-3-11-9/h1-3,11,13-14H,4-8H2. The molecule has 3 N–H and O–H groups in total. The van der Waals surface area contributed by atoms with Crippen LogP contribution < -0.4 is 0 Å².